The Hall–Kier alpha value is -2.91. The molecule has 0 spiro atoms. The Kier molecular flexibility index (Phi) is 4.55. The van der Waals surface area contributed by atoms with Gasteiger partial charge in [-0.25, -0.2) is 9.97 Å². The van der Waals surface area contributed by atoms with Crippen LogP contribution in [0.5, 0.6) is 0 Å². The number of pyridine rings is 1. The van der Waals surface area contributed by atoms with Crippen LogP contribution in [0.1, 0.15) is 5.69 Å². The van der Waals surface area contributed by atoms with Crippen LogP contribution in [0.15, 0.2) is 58.0 Å². The van der Waals surface area contributed by atoms with Gasteiger partial charge in [-0.2, -0.15) is 4.99 Å². The van der Waals surface area contributed by atoms with Crippen molar-refractivity contribution >= 4 is 45.2 Å². The molecule has 9 heteroatoms. The van der Waals surface area contributed by atoms with Crippen LogP contribution < -0.4 is 11.5 Å². The summed E-state index contributed by atoms with van der Waals surface area (Å²) < 4.78 is 0. The van der Waals surface area contributed by atoms with E-state index in [-0.39, 0.29) is 5.96 Å². The highest BCUT2D eigenvalue weighted by Crippen LogP contribution is 2.27. The maximum atomic E-state index is 5.39. The second kappa shape index (κ2) is 7.14. The zero-order chi connectivity index (χ0) is 17.9. The summed E-state index contributed by atoms with van der Waals surface area (Å²) in [5.41, 5.74) is 15.3. The highest BCUT2D eigenvalue weighted by Gasteiger charge is 2.08. The summed E-state index contributed by atoms with van der Waals surface area (Å²) >= 11 is 2.99. The molecule has 0 saturated heterocycles. The van der Waals surface area contributed by atoms with Crippen molar-refractivity contribution in [2.75, 3.05) is 0 Å². The van der Waals surface area contributed by atoms with E-state index in [4.69, 9.17) is 11.5 Å². The number of rotatable bonds is 5. The van der Waals surface area contributed by atoms with Crippen LogP contribution in [0.4, 0.5) is 5.13 Å². The number of aliphatic imine (C=N–C) groups is 1. The molecule has 4 rings (SSSR count). The highest BCUT2D eigenvalue weighted by atomic mass is 32.2. The molecule has 5 N–H and O–H groups in total. The van der Waals surface area contributed by atoms with Crippen LogP contribution in [0.2, 0.25) is 0 Å². The molecule has 130 valence electrons. The smallest absolute Gasteiger partial charge is 0.212 e. The molecule has 0 bridgehead atoms. The van der Waals surface area contributed by atoms with Gasteiger partial charge in [0.15, 0.2) is 11.1 Å². The second-order valence-electron chi connectivity index (χ2n) is 5.41. The van der Waals surface area contributed by atoms with E-state index in [1.807, 2.05) is 47.8 Å². The average Bonchev–Trinajstić information content (AvgIpc) is 3.26. The lowest BCUT2D eigenvalue weighted by molar-refractivity contribution is 1.07. The first-order chi connectivity index (χ1) is 12.7. The van der Waals surface area contributed by atoms with Gasteiger partial charge in [0.2, 0.25) is 5.13 Å². The van der Waals surface area contributed by atoms with Gasteiger partial charge in [0, 0.05) is 11.1 Å². The van der Waals surface area contributed by atoms with Crippen LogP contribution in [0.3, 0.4) is 0 Å². The fraction of sp³-hybridized carbons (Fsp3) is 0.0588. The SMILES string of the molecule is NC(N)=Nc1nc(-c2cccc(CSc3nc4ccccc4[nH]3)n2)cs1. The number of hydrogen-bond donors (Lipinski definition) is 3. The molecular formula is C17H15N7S2. The summed E-state index contributed by atoms with van der Waals surface area (Å²) in [6, 6.07) is 13.9. The van der Waals surface area contributed by atoms with E-state index in [1.165, 1.54) is 11.3 Å². The molecule has 0 aliphatic heterocycles. The van der Waals surface area contributed by atoms with Crippen molar-refractivity contribution in [3.63, 3.8) is 0 Å². The first kappa shape index (κ1) is 16.6. The summed E-state index contributed by atoms with van der Waals surface area (Å²) in [5, 5.41) is 3.28. The Bertz CT molecular complexity index is 1050. The van der Waals surface area contributed by atoms with Gasteiger partial charge in [0.1, 0.15) is 5.69 Å². The van der Waals surface area contributed by atoms with Gasteiger partial charge >= 0.3 is 0 Å². The maximum Gasteiger partial charge on any atom is 0.212 e. The Balaban J connectivity index is 1.50. The van der Waals surface area contributed by atoms with Gasteiger partial charge in [-0.05, 0) is 24.3 Å². The lowest BCUT2D eigenvalue weighted by Gasteiger charge is -2.01. The van der Waals surface area contributed by atoms with Gasteiger partial charge in [-0.15, -0.1) is 11.3 Å². The third-order valence-corrected chi connectivity index (χ3v) is 5.15. The predicted molar refractivity (Wildman–Crippen MR) is 106 cm³/mol. The summed E-state index contributed by atoms with van der Waals surface area (Å²) in [4.78, 5) is 20.9. The molecule has 0 aliphatic carbocycles. The van der Waals surface area contributed by atoms with Gasteiger partial charge in [-0.3, -0.25) is 4.98 Å². The van der Waals surface area contributed by atoms with E-state index in [1.54, 1.807) is 11.8 Å². The second-order valence-corrected chi connectivity index (χ2v) is 7.21. The number of aromatic amines is 1. The third kappa shape index (κ3) is 3.68. The molecule has 0 aliphatic rings. The fourth-order valence-electron chi connectivity index (χ4n) is 2.39. The highest BCUT2D eigenvalue weighted by molar-refractivity contribution is 7.98. The molecule has 1 aromatic carbocycles. The lowest BCUT2D eigenvalue weighted by atomic mass is 10.3. The average molecular weight is 381 g/mol. The first-order valence-corrected chi connectivity index (χ1v) is 9.63. The monoisotopic (exact) mass is 381 g/mol. The number of benzene rings is 1. The number of fused-ring (bicyclic) bond motifs is 1. The van der Waals surface area contributed by atoms with E-state index in [2.05, 4.69) is 24.9 Å². The minimum absolute atomic E-state index is 0.00477. The number of para-hydroxylation sites is 2. The van der Waals surface area contributed by atoms with Gasteiger partial charge in [-0.1, -0.05) is 30.0 Å². The van der Waals surface area contributed by atoms with E-state index in [9.17, 15) is 0 Å². The summed E-state index contributed by atoms with van der Waals surface area (Å²) in [6.07, 6.45) is 0. The Morgan fingerprint density at radius 1 is 1.04 bits per heavy atom. The van der Waals surface area contributed by atoms with Crippen LogP contribution in [-0.4, -0.2) is 25.9 Å². The molecule has 4 aromatic rings. The number of H-pyrrole nitrogens is 1. The molecule has 0 fully saturated rings. The summed E-state index contributed by atoms with van der Waals surface area (Å²) in [6.45, 7) is 0. The largest absolute Gasteiger partial charge is 0.370 e. The first-order valence-electron chi connectivity index (χ1n) is 7.76. The summed E-state index contributed by atoms with van der Waals surface area (Å²) in [5.74, 6) is 0.702. The molecule has 3 heterocycles. The molecule has 0 unspecified atom stereocenters. The number of nitrogens with zero attached hydrogens (tertiary/aromatic N) is 4. The number of guanidine groups is 1. The number of nitrogens with two attached hydrogens (primary N) is 2. The maximum absolute atomic E-state index is 5.39. The Labute approximate surface area is 157 Å². The topological polar surface area (TPSA) is 119 Å². The van der Waals surface area contributed by atoms with Crippen molar-refractivity contribution in [2.45, 2.75) is 10.9 Å². The third-order valence-electron chi connectivity index (χ3n) is 3.51. The number of thioether (sulfide) groups is 1. The van der Waals surface area contributed by atoms with Crippen molar-refractivity contribution in [3.05, 3.63) is 53.5 Å². The summed E-state index contributed by atoms with van der Waals surface area (Å²) in [7, 11) is 0. The van der Waals surface area contributed by atoms with Crippen molar-refractivity contribution in [1.82, 2.24) is 19.9 Å². The van der Waals surface area contributed by atoms with Gasteiger partial charge < -0.3 is 16.5 Å². The number of hydrogen-bond acceptors (Lipinski definition) is 6. The number of aromatic nitrogens is 4. The molecular weight excluding hydrogens is 366 g/mol. The number of nitrogens with one attached hydrogen (secondary N) is 1. The van der Waals surface area contributed by atoms with Gasteiger partial charge in [0.25, 0.3) is 0 Å². The van der Waals surface area contributed by atoms with E-state index in [0.717, 1.165) is 33.3 Å². The minimum Gasteiger partial charge on any atom is -0.370 e. The normalized spacial score (nSPS) is 10.9. The van der Waals surface area contributed by atoms with E-state index < -0.39 is 0 Å². The molecule has 0 radical (unpaired) electrons. The standard InChI is InChI=1S/C17H15N7S2/c18-15(19)24-17-23-14(9-26-17)13-7-3-4-10(20-13)8-25-16-21-11-5-1-2-6-12(11)22-16/h1-7,9H,8H2,(H,21,22)(H4,18,19,23,24). The Morgan fingerprint density at radius 3 is 2.77 bits per heavy atom. The van der Waals surface area contributed by atoms with Crippen molar-refractivity contribution in [3.8, 4) is 11.4 Å². The van der Waals surface area contributed by atoms with Gasteiger partial charge in [0.05, 0.1) is 22.4 Å². The molecule has 0 saturated carbocycles. The molecule has 7 nitrogen and oxygen atoms in total. The lowest BCUT2D eigenvalue weighted by Crippen LogP contribution is -2.21. The van der Waals surface area contributed by atoms with E-state index in [0.29, 0.717) is 10.9 Å². The van der Waals surface area contributed by atoms with Crippen molar-refractivity contribution < 1.29 is 0 Å². The Morgan fingerprint density at radius 2 is 1.92 bits per heavy atom. The predicted octanol–water partition coefficient (Wildman–Crippen LogP) is 3.28. The molecule has 0 atom stereocenters. The zero-order valence-corrected chi connectivity index (χ0v) is 15.2. The minimum atomic E-state index is -0.00477. The van der Waals surface area contributed by atoms with E-state index >= 15 is 0 Å². The quantitative estimate of drug-likeness (QED) is 0.277. The van der Waals surface area contributed by atoms with Crippen molar-refractivity contribution in [1.29, 1.82) is 0 Å². The number of thiazole rings is 1. The molecule has 3 aromatic heterocycles. The van der Waals surface area contributed by atoms with Crippen molar-refractivity contribution in [2.24, 2.45) is 16.5 Å². The zero-order valence-electron chi connectivity index (χ0n) is 13.6. The van der Waals surface area contributed by atoms with Crippen LogP contribution >= 0.6 is 23.1 Å². The fourth-order valence-corrected chi connectivity index (χ4v) is 3.88. The van der Waals surface area contributed by atoms with Crippen LogP contribution in [-0.2, 0) is 5.75 Å². The number of imidazole rings is 1. The van der Waals surface area contributed by atoms with Crippen LogP contribution in [0.25, 0.3) is 22.4 Å². The molecule has 26 heavy (non-hydrogen) atoms. The molecule has 0 amide bonds. The van der Waals surface area contributed by atoms with Crippen LogP contribution in [0, 0.1) is 0 Å².